The SMILES string of the molecule is C[C@@H](NC(=O)c1ccccc1NC(=O)CC(C)(C)C)c1ccccc1. The van der Waals surface area contributed by atoms with Crippen molar-refractivity contribution in [3.05, 3.63) is 65.7 Å². The van der Waals surface area contributed by atoms with Gasteiger partial charge in [0.05, 0.1) is 17.3 Å². The molecule has 0 aliphatic rings. The van der Waals surface area contributed by atoms with E-state index in [1.807, 2.05) is 64.1 Å². The molecule has 0 spiro atoms. The number of carbonyl (C=O) groups excluding carboxylic acids is 2. The second kappa shape index (κ2) is 7.97. The Labute approximate surface area is 149 Å². The second-order valence-corrected chi connectivity index (χ2v) is 7.44. The van der Waals surface area contributed by atoms with E-state index in [1.54, 1.807) is 18.2 Å². The van der Waals surface area contributed by atoms with Crippen LogP contribution in [-0.2, 0) is 4.79 Å². The Kier molecular flexibility index (Phi) is 5.97. The summed E-state index contributed by atoms with van der Waals surface area (Å²) >= 11 is 0. The zero-order valence-electron chi connectivity index (χ0n) is 15.3. The molecule has 0 aromatic heterocycles. The number of rotatable bonds is 5. The van der Waals surface area contributed by atoms with Crippen molar-refractivity contribution >= 4 is 17.5 Å². The summed E-state index contributed by atoms with van der Waals surface area (Å²) in [7, 11) is 0. The maximum Gasteiger partial charge on any atom is 0.253 e. The fraction of sp³-hybridized carbons (Fsp3) is 0.333. The molecule has 25 heavy (non-hydrogen) atoms. The Bertz CT molecular complexity index is 733. The minimum Gasteiger partial charge on any atom is -0.345 e. The Morgan fingerprint density at radius 2 is 1.56 bits per heavy atom. The normalized spacial score (nSPS) is 12.3. The number of benzene rings is 2. The van der Waals surface area contributed by atoms with Gasteiger partial charge in [-0.3, -0.25) is 9.59 Å². The Balaban J connectivity index is 2.11. The standard InChI is InChI=1S/C21H26N2O2/c1-15(16-10-6-5-7-11-16)22-20(25)17-12-8-9-13-18(17)23-19(24)14-21(2,3)4/h5-13,15H,14H2,1-4H3,(H,22,25)(H,23,24)/t15-/m1/s1. The van der Waals surface area contributed by atoms with Crippen molar-refractivity contribution in [1.29, 1.82) is 0 Å². The highest BCUT2D eigenvalue weighted by Crippen LogP contribution is 2.22. The molecule has 0 bridgehead atoms. The van der Waals surface area contributed by atoms with Crippen molar-refractivity contribution in [2.75, 3.05) is 5.32 Å². The molecule has 0 aliphatic heterocycles. The third-order valence-corrected chi connectivity index (χ3v) is 3.78. The maximum atomic E-state index is 12.7. The van der Waals surface area contributed by atoms with Crippen LogP contribution in [0.25, 0.3) is 0 Å². The van der Waals surface area contributed by atoms with Gasteiger partial charge in [0.2, 0.25) is 5.91 Å². The van der Waals surface area contributed by atoms with E-state index < -0.39 is 0 Å². The van der Waals surface area contributed by atoms with Crippen LogP contribution in [0.15, 0.2) is 54.6 Å². The van der Waals surface area contributed by atoms with Crippen LogP contribution >= 0.6 is 0 Å². The third kappa shape index (κ3) is 5.75. The summed E-state index contributed by atoms with van der Waals surface area (Å²) in [6.45, 7) is 7.96. The first-order valence-corrected chi connectivity index (χ1v) is 8.51. The number of anilines is 1. The van der Waals surface area contributed by atoms with Gasteiger partial charge < -0.3 is 10.6 Å². The molecular formula is C21H26N2O2. The molecule has 0 heterocycles. The molecular weight excluding hydrogens is 312 g/mol. The van der Waals surface area contributed by atoms with Crippen molar-refractivity contribution in [3.63, 3.8) is 0 Å². The molecule has 0 radical (unpaired) electrons. The van der Waals surface area contributed by atoms with Crippen molar-refractivity contribution in [2.45, 2.75) is 40.2 Å². The van der Waals surface area contributed by atoms with Gasteiger partial charge in [-0.2, -0.15) is 0 Å². The first kappa shape index (κ1) is 18.7. The van der Waals surface area contributed by atoms with E-state index in [1.165, 1.54) is 0 Å². The summed E-state index contributed by atoms with van der Waals surface area (Å²) in [5.41, 5.74) is 1.93. The molecule has 0 aliphatic carbocycles. The molecule has 1 atom stereocenters. The molecule has 0 unspecified atom stereocenters. The fourth-order valence-electron chi connectivity index (χ4n) is 2.57. The smallest absolute Gasteiger partial charge is 0.253 e. The molecule has 0 fully saturated rings. The third-order valence-electron chi connectivity index (χ3n) is 3.78. The van der Waals surface area contributed by atoms with Crippen molar-refractivity contribution in [1.82, 2.24) is 5.32 Å². The molecule has 2 aromatic carbocycles. The summed E-state index contributed by atoms with van der Waals surface area (Å²) in [4.78, 5) is 24.9. The van der Waals surface area contributed by atoms with E-state index in [2.05, 4.69) is 10.6 Å². The van der Waals surface area contributed by atoms with E-state index in [0.29, 0.717) is 17.7 Å². The first-order chi connectivity index (χ1) is 11.8. The largest absolute Gasteiger partial charge is 0.345 e. The highest BCUT2D eigenvalue weighted by Gasteiger charge is 2.19. The van der Waals surface area contributed by atoms with Gasteiger partial charge in [0, 0.05) is 6.42 Å². The Morgan fingerprint density at radius 3 is 2.20 bits per heavy atom. The van der Waals surface area contributed by atoms with Gasteiger partial charge in [-0.15, -0.1) is 0 Å². The Morgan fingerprint density at radius 1 is 0.960 bits per heavy atom. The molecule has 2 aromatic rings. The lowest BCUT2D eigenvalue weighted by Crippen LogP contribution is -2.28. The summed E-state index contributed by atoms with van der Waals surface area (Å²) in [5.74, 6) is -0.299. The van der Waals surface area contributed by atoms with Crippen molar-refractivity contribution in [3.8, 4) is 0 Å². The first-order valence-electron chi connectivity index (χ1n) is 8.51. The van der Waals surface area contributed by atoms with Crippen LogP contribution in [-0.4, -0.2) is 11.8 Å². The van der Waals surface area contributed by atoms with Gasteiger partial charge in [-0.25, -0.2) is 0 Å². The van der Waals surface area contributed by atoms with Gasteiger partial charge >= 0.3 is 0 Å². The lowest BCUT2D eigenvalue weighted by atomic mass is 9.92. The topological polar surface area (TPSA) is 58.2 Å². The van der Waals surface area contributed by atoms with Crippen LogP contribution in [0.4, 0.5) is 5.69 Å². The molecule has 2 N–H and O–H groups in total. The molecule has 0 saturated carbocycles. The lowest BCUT2D eigenvalue weighted by molar-refractivity contribution is -0.117. The number of amides is 2. The van der Waals surface area contributed by atoms with Crippen LogP contribution in [0.5, 0.6) is 0 Å². The average Bonchev–Trinajstić information content (AvgIpc) is 2.54. The van der Waals surface area contributed by atoms with Crippen LogP contribution in [0.2, 0.25) is 0 Å². The number of hydrogen-bond acceptors (Lipinski definition) is 2. The zero-order valence-corrected chi connectivity index (χ0v) is 15.3. The molecule has 4 nitrogen and oxygen atoms in total. The summed E-state index contributed by atoms with van der Waals surface area (Å²) in [6, 6.07) is 16.7. The minimum absolute atomic E-state index is 0.0937. The highest BCUT2D eigenvalue weighted by molar-refractivity contribution is 6.03. The summed E-state index contributed by atoms with van der Waals surface area (Å²) < 4.78 is 0. The molecule has 132 valence electrons. The number of nitrogens with one attached hydrogen (secondary N) is 2. The second-order valence-electron chi connectivity index (χ2n) is 7.44. The molecule has 2 rings (SSSR count). The van der Waals surface area contributed by atoms with E-state index in [9.17, 15) is 9.59 Å². The van der Waals surface area contributed by atoms with Crippen LogP contribution in [0, 0.1) is 5.41 Å². The predicted octanol–water partition coefficient (Wildman–Crippen LogP) is 4.55. The quantitative estimate of drug-likeness (QED) is 0.840. The van der Waals surface area contributed by atoms with Crippen molar-refractivity contribution < 1.29 is 9.59 Å². The van der Waals surface area contributed by atoms with E-state index in [4.69, 9.17) is 0 Å². The van der Waals surface area contributed by atoms with E-state index in [-0.39, 0.29) is 23.3 Å². The van der Waals surface area contributed by atoms with E-state index >= 15 is 0 Å². The maximum absolute atomic E-state index is 12.7. The fourth-order valence-corrected chi connectivity index (χ4v) is 2.57. The van der Waals surface area contributed by atoms with E-state index in [0.717, 1.165) is 5.56 Å². The summed E-state index contributed by atoms with van der Waals surface area (Å²) in [6.07, 6.45) is 0.392. The van der Waals surface area contributed by atoms with Crippen molar-refractivity contribution in [2.24, 2.45) is 5.41 Å². The molecule has 0 saturated heterocycles. The summed E-state index contributed by atoms with van der Waals surface area (Å²) in [5, 5.41) is 5.85. The predicted molar refractivity (Wildman–Crippen MR) is 101 cm³/mol. The van der Waals surface area contributed by atoms with Crippen LogP contribution < -0.4 is 10.6 Å². The van der Waals surface area contributed by atoms with Gasteiger partial charge in [0.25, 0.3) is 5.91 Å². The number of carbonyl (C=O) groups is 2. The number of hydrogen-bond donors (Lipinski definition) is 2. The number of para-hydroxylation sites is 1. The van der Waals surface area contributed by atoms with Gasteiger partial charge in [0.15, 0.2) is 0 Å². The van der Waals surface area contributed by atoms with Gasteiger partial charge in [-0.1, -0.05) is 63.2 Å². The minimum atomic E-state index is -0.206. The monoisotopic (exact) mass is 338 g/mol. The lowest BCUT2D eigenvalue weighted by Gasteiger charge is -2.19. The Hall–Kier alpha value is -2.62. The average molecular weight is 338 g/mol. The zero-order chi connectivity index (χ0) is 18.4. The molecule has 4 heteroatoms. The van der Waals surface area contributed by atoms with Gasteiger partial charge in [-0.05, 0) is 30.0 Å². The van der Waals surface area contributed by atoms with Gasteiger partial charge in [0.1, 0.15) is 0 Å². The van der Waals surface area contributed by atoms with Crippen LogP contribution in [0.1, 0.15) is 56.1 Å². The molecule has 2 amide bonds. The van der Waals surface area contributed by atoms with Crippen LogP contribution in [0.3, 0.4) is 0 Å². The highest BCUT2D eigenvalue weighted by atomic mass is 16.2.